The Morgan fingerprint density at radius 3 is 2.71 bits per heavy atom. The number of aliphatic carboxylic acids is 1. The summed E-state index contributed by atoms with van der Waals surface area (Å²) in [5.41, 5.74) is 2.18. The molecule has 1 aromatic carbocycles. The van der Waals surface area contributed by atoms with Crippen molar-refractivity contribution in [3.63, 3.8) is 0 Å². The van der Waals surface area contributed by atoms with Crippen LogP contribution >= 0.6 is 11.6 Å². The van der Waals surface area contributed by atoms with Gasteiger partial charge in [0.15, 0.2) is 0 Å². The molecule has 0 radical (unpaired) electrons. The predicted molar refractivity (Wildman–Crippen MR) is 69.4 cm³/mol. The van der Waals surface area contributed by atoms with Crippen molar-refractivity contribution < 1.29 is 9.90 Å². The van der Waals surface area contributed by atoms with Crippen molar-refractivity contribution in [1.29, 1.82) is 0 Å². The highest BCUT2D eigenvalue weighted by atomic mass is 35.5. The van der Waals surface area contributed by atoms with Crippen molar-refractivity contribution >= 4 is 17.6 Å². The molecule has 1 rings (SSSR count). The summed E-state index contributed by atoms with van der Waals surface area (Å²) in [6.07, 6.45) is 0.174. The van der Waals surface area contributed by atoms with Crippen LogP contribution < -0.4 is 0 Å². The highest BCUT2D eigenvalue weighted by Crippen LogP contribution is 2.17. The topological polar surface area (TPSA) is 40.5 Å². The van der Waals surface area contributed by atoms with Crippen LogP contribution in [0.3, 0.4) is 0 Å². The molecule has 0 aliphatic rings. The number of halogens is 1. The molecule has 0 aromatic heterocycles. The van der Waals surface area contributed by atoms with E-state index in [0.29, 0.717) is 6.54 Å². The fraction of sp³-hybridized carbons (Fsp3) is 0.462. The molecule has 0 saturated carbocycles. The van der Waals surface area contributed by atoms with Gasteiger partial charge in [-0.25, -0.2) is 0 Å². The Balaban J connectivity index is 2.60. The maximum absolute atomic E-state index is 10.5. The van der Waals surface area contributed by atoms with E-state index < -0.39 is 5.97 Å². The van der Waals surface area contributed by atoms with Crippen LogP contribution in [0.5, 0.6) is 0 Å². The Morgan fingerprint density at radius 1 is 1.47 bits per heavy atom. The van der Waals surface area contributed by atoms with E-state index in [1.165, 1.54) is 0 Å². The largest absolute Gasteiger partial charge is 0.481 e. The van der Waals surface area contributed by atoms with Crippen molar-refractivity contribution in [2.45, 2.75) is 26.8 Å². The summed E-state index contributed by atoms with van der Waals surface area (Å²) in [4.78, 5) is 12.6. The summed E-state index contributed by atoms with van der Waals surface area (Å²) < 4.78 is 0. The Bertz CT molecular complexity index is 393. The van der Waals surface area contributed by atoms with Gasteiger partial charge in [-0.15, -0.1) is 0 Å². The summed E-state index contributed by atoms with van der Waals surface area (Å²) in [6.45, 7) is 6.13. The standard InChI is InChI=1S/C13H18ClNO2/c1-3-15(7-6-13(16)17)9-11-5-4-10(2)12(14)8-11/h4-5,8H,3,6-7,9H2,1-2H3,(H,16,17). The number of hydrogen-bond acceptors (Lipinski definition) is 2. The minimum absolute atomic E-state index is 0.174. The average molecular weight is 256 g/mol. The molecule has 3 nitrogen and oxygen atoms in total. The molecule has 17 heavy (non-hydrogen) atoms. The second kappa shape index (κ2) is 6.62. The molecular formula is C13H18ClNO2. The SMILES string of the molecule is CCN(CCC(=O)O)Cc1ccc(C)c(Cl)c1. The lowest BCUT2D eigenvalue weighted by atomic mass is 10.1. The Hall–Kier alpha value is -1.06. The van der Waals surface area contributed by atoms with E-state index in [0.717, 1.165) is 29.2 Å². The number of nitrogens with zero attached hydrogens (tertiary/aromatic N) is 1. The Kier molecular flexibility index (Phi) is 5.45. The lowest BCUT2D eigenvalue weighted by Gasteiger charge is -2.19. The zero-order valence-electron chi connectivity index (χ0n) is 10.2. The molecule has 0 atom stereocenters. The number of hydrogen-bond donors (Lipinski definition) is 1. The fourth-order valence-corrected chi connectivity index (χ4v) is 1.80. The lowest BCUT2D eigenvalue weighted by molar-refractivity contribution is -0.137. The van der Waals surface area contributed by atoms with E-state index >= 15 is 0 Å². The van der Waals surface area contributed by atoms with Gasteiger partial charge in [-0.3, -0.25) is 9.69 Å². The molecule has 0 spiro atoms. The highest BCUT2D eigenvalue weighted by Gasteiger charge is 2.07. The lowest BCUT2D eigenvalue weighted by Crippen LogP contribution is -2.25. The highest BCUT2D eigenvalue weighted by molar-refractivity contribution is 6.31. The van der Waals surface area contributed by atoms with Gasteiger partial charge in [0, 0.05) is 18.1 Å². The van der Waals surface area contributed by atoms with E-state index in [2.05, 4.69) is 4.90 Å². The third-order valence-electron chi connectivity index (χ3n) is 2.73. The number of carbonyl (C=O) groups is 1. The van der Waals surface area contributed by atoms with Gasteiger partial charge in [0.1, 0.15) is 0 Å². The third-order valence-corrected chi connectivity index (χ3v) is 3.14. The van der Waals surface area contributed by atoms with Crippen LogP contribution in [0.4, 0.5) is 0 Å². The number of aryl methyl sites for hydroxylation is 1. The minimum atomic E-state index is -0.759. The molecule has 0 heterocycles. The van der Waals surface area contributed by atoms with Crippen LogP contribution in [0.15, 0.2) is 18.2 Å². The zero-order chi connectivity index (χ0) is 12.8. The van der Waals surface area contributed by atoms with Gasteiger partial charge in [0.05, 0.1) is 6.42 Å². The summed E-state index contributed by atoms with van der Waals surface area (Å²) in [5.74, 6) is -0.759. The van der Waals surface area contributed by atoms with Gasteiger partial charge in [0.2, 0.25) is 0 Å². The summed E-state index contributed by atoms with van der Waals surface area (Å²) in [7, 11) is 0. The van der Waals surface area contributed by atoms with Gasteiger partial charge < -0.3 is 5.11 Å². The van der Waals surface area contributed by atoms with Gasteiger partial charge >= 0.3 is 5.97 Å². The summed E-state index contributed by atoms with van der Waals surface area (Å²) in [5, 5.41) is 9.42. The van der Waals surface area contributed by atoms with Crippen molar-refractivity contribution in [1.82, 2.24) is 4.90 Å². The predicted octanol–water partition coefficient (Wildman–Crippen LogP) is 2.95. The zero-order valence-corrected chi connectivity index (χ0v) is 11.0. The first kappa shape index (κ1) is 14.0. The van der Waals surface area contributed by atoms with E-state index in [1.54, 1.807) is 0 Å². The van der Waals surface area contributed by atoms with Crippen LogP contribution in [0, 0.1) is 6.92 Å². The first-order valence-electron chi connectivity index (χ1n) is 5.72. The molecule has 0 amide bonds. The molecule has 0 fully saturated rings. The van der Waals surface area contributed by atoms with Crippen LogP contribution in [0.2, 0.25) is 5.02 Å². The van der Waals surface area contributed by atoms with E-state index in [1.807, 2.05) is 32.0 Å². The van der Waals surface area contributed by atoms with Crippen LogP contribution in [0.1, 0.15) is 24.5 Å². The number of carboxylic acid groups (broad SMARTS) is 1. The molecule has 1 N–H and O–H groups in total. The Morgan fingerprint density at radius 2 is 2.18 bits per heavy atom. The van der Waals surface area contributed by atoms with Gasteiger partial charge in [0.25, 0.3) is 0 Å². The third kappa shape index (κ3) is 4.75. The summed E-state index contributed by atoms with van der Waals surface area (Å²) >= 11 is 6.06. The first-order chi connectivity index (χ1) is 8.02. The second-order valence-electron chi connectivity index (χ2n) is 4.10. The van der Waals surface area contributed by atoms with Crippen molar-refractivity contribution in [2.24, 2.45) is 0 Å². The molecule has 0 saturated heterocycles. The van der Waals surface area contributed by atoms with E-state index in [-0.39, 0.29) is 6.42 Å². The van der Waals surface area contributed by atoms with Crippen LogP contribution in [-0.4, -0.2) is 29.1 Å². The molecule has 94 valence electrons. The monoisotopic (exact) mass is 255 g/mol. The fourth-order valence-electron chi connectivity index (χ4n) is 1.60. The van der Waals surface area contributed by atoms with E-state index in [9.17, 15) is 4.79 Å². The van der Waals surface area contributed by atoms with Gasteiger partial charge in [-0.1, -0.05) is 30.7 Å². The van der Waals surface area contributed by atoms with E-state index in [4.69, 9.17) is 16.7 Å². The number of carboxylic acids is 1. The maximum Gasteiger partial charge on any atom is 0.304 e. The van der Waals surface area contributed by atoms with Crippen molar-refractivity contribution in [3.05, 3.63) is 34.3 Å². The van der Waals surface area contributed by atoms with Gasteiger partial charge in [-0.05, 0) is 30.7 Å². The number of rotatable bonds is 6. The van der Waals surface area contributed by atoms with Gasteiger partial charge in [-0.2, -0.15) is 0 Å². The van der Waals surface area contributed by atoms with Crippen molar-refractivity contribution in [3.8, 4) is 0 Å². The summed E-state index contributed by atoms with van der Waals surface area (Å²) in [6, 6.07) is 5.97. The molecule has 1 aromatic rings. The molecular weight excluding hydrogens is 238 g/mol. The van der Waals surface area contributed by atoms with Crippen molar-refractivity contribution in [2.75, 3.05) is 13.1 Å². The van der Waals surface area contributed by atoms with Crippen LogP contribution in [-0.2, 0) is 11.3 Å². The molecule has 4 heteroatoms. The first-order valence-corrected chi connectivity index (χ1v) is 6.10. The molecule has 0 aliphatic heterocycles. The second-order valence-corrected chi connectivity index (χ2v) is 4.50. The normalized spacial score (nSPS) is 10.8. The smallest absolute Gasteiger partial charge is 0.304 e. The van der Waals surface area contributed by atoms with Crippen LogP contribution in [0.25, 0.3) is 0 Å². The molecule has 0 unspecified atom stereocenters. The quantitative estimate of drug-likeness (QED) is 0.850. The Labute approximate surface area is 107 Å². The maximum atomic E-state index is 10.5. The average Bonchev–Trinajstić information content (AvgIpc) is 2.28. The molecule has 0 bridgehead atoms. The molecule has 0 aliphatic carbocycles. The minimum Gasteiger partial charge on any atom is -0.481 e. The number of benzene rings is 1.